The standard InChI is InChI=1S/C16H22ClNO3/c1-11(16(2,3)4)8-14(19)18(10-15(20)21)13-7-5-6-12(17)9-13/h5-7,9,11H,8,10H2,1-4H3,(H,20,21). The minimum Gasteiger partial charge on any atom is -0.480 e. The first-order chi connectivity index (χ1) is 9.61. The molecule has 0 aliphatic heterocycles. The predicted molar refractivity (Wildman–Crippen MR) is 84.7 cm³/mol. The van der Waals surface area contributed by atoms with Crippen LogP contribution in [0.2, 0.25) is 5.02 Å². The minimum atomic E-state index is -1.05. The Kier molecular flexibility index (Phi) is 5.78. The van der Waals surface area contributed by atoms with Crippen LogP contribution in [0.3, 0.4) is 0 Å². The van der Waals surface area contributed by atoms with Crippen molar-refractivity contribution in [1.29, 1.82) is 0 Å². The van der Waals surface area contributed by atoms with E-state index in [1.807, 2.05) is 6.92 Å². The summed E-state index contributed by atoms with van der Waals surface area (Å²) in [6, 6.07) is 6.68. The van der Waals surface area contributed by atoms with Crippen molar-refractivity contribution in [2.24, 2.45) is 11.3 Å². The number of carbonyl (C=O) groups is 2. The van der Waals surface area contributed by atoms with Gasteiger partial charge in [0.15, 0.2) is 0 Å². The largest absolute Gasteiger partial charge is 0.480 e. The molecule has 0 aliphatic rings. The van der Waals surface area contributed by atoms with Gasteiger partial charge in [0.2, 0.25) is 5.91 Å². The molecular weight excluding hydrogens is 290 g/mol. The average Bonchev–Trinajstić information content (AvgIpc) is 2.34. The summed E-state index contributed by atoms with van der Waals surface area (Å²) in [6.07, 6.45) is 0.295. The summed E-state index contributed by atoms with van der Waals surface area (Å²) in [5.74, 6) is -1.12. The van der Waals surface area contributed by atoms with E-state index in [1.54, 1.807) is 24.3 Å². The Balaban J connectivity index is 2.98. The number of rotatable bonds is 5. The summed E-state index contributed by atoms with van der Waals surface area (Å²) in [7, 11) is 0. The van der Waals surface area contributed by atoms with Crippen LogP contribution in [0.15, 0.2) is 24.3 Å². The summed E-state index contributed by atoms with van der Waals surface area (Å²) in [5, 5.41) is 9.50. The first kappa shape index (κ1) is 17.5. The molecule has 4 nitrogen and oxygen atoms in total. The second kappa shape index (κ2) is 6.94. The van der Waals surface area contributed by atoms with Crippen molar-refractivity contribution in [3.63, 3.8) is 0 Å². The highest BCUT2D eigenvalue weighted by atomic mass is 35.5. The lowest BCUT2D eigenvalue weighted by atomic mass is 9.80. The predicted octanol–water partition coefficient (Wildman–Crippen LogP) is 3.83. The zero-order valence-electron chi connectivity index (χ0n) is 12.9. The average molecular weight is 312 g/mol. The number of nitrogens with zero attached hydrogens (tertiary/aromatic N) is 1. The van der Waals surface area contributed by atoms with Gasteiger partial charge in [-0.3, -0.25) is 9.59 Å². The fourth-order valence-corrected chi connectivity index (χ4v) is 1.97. The molecule has 0 aliphatic carbocycles. The van der Waals surface area contributed by atoms with Gasteiger partial charge in [-0.2, -0.15) is 0 Å². The van der Waals surface area contributed by atoms with Crippen LogP contribution >= 0.6 is 11.6 Å². The molecule has 1 aromatic carbocycles. The van der Waals surface area contributed by atoms with Crippen LogP contribution in [-0.4, -0.2) is 23.5 Å². The molecule has 1 N–H and O–H groups in total. The molecule has 0 radical (unpaired) electrons. The normalized spacial score (nSPS) is 12.8. The number of carbonyl (C=O) groups excluding carboxylic acids is 1. The zero-order chi connectivity index (χ0) is 16.2. The van der Waals surface area contributed by atoms with Gasteiger partial charge in [-0.05, 0) is 29.5 Å². The molecule has 5 heteroatoms. The van der Waals surface area contributed by atoms with Crippen molar-refractivity contribution in [3.8, 4) is 0 Å². The number of aliphatic carboxylic acids is 1. The molecule has 1 rings (SSSR count). The van der Waals surface area contributed by atoms with Crippen LogP contribution in [-0.2, 0) is 9.59 Å². The molecule has 1 atom stereocenters. The minimum absolute atomic E-state index is 0.0150. The van der Waals surface area contributed by atoms with E-state index in [-0.39, 0.29) is 23.8 Å². The number of carboxylic acid groups (broad SMARTS) is 1. The molecule has 0 saturated carbocycles. The summed E-state index contributed by atoms with van der Waals surface area (Å²) >= 11 is 5.92. The van der Waals surface area contributed by atoms with Crippen molar-refractivity contribution >= 4 is 29.2 Å². The SMILES string of the molecule is CC(CC(=O)N(CC(=O)O)c1cccc(Cl)c1)C(C)(C)C. The number of amides is 1. The molecule has 0 fully saturated rings. The second-order valence-corrected chi connectivity index (χ2v) is 6.76. The van der Waals surface area contributed by atoms with E-state index >= 15 is 0 Å². The van der Waals surface area contributed by atoms with Crippen LogP contribution in [0.4, 0.5) is 5.69 Å². The van der Waals surface area contributed by atoms with Crippen LogP contribution in [0, 0.1) is 11.3 Å². The van der Waals surface area contributed by atoms with Gasteiger partial charge in [-0.1, -0.05) is 45.4 Å². The lowest BCUT2D eigenvalue weighted by Gasteiger charge is -2.29. The monoisotopic (exact) mass is 311 g/mol. The fourth-order valence-electron chi connectivity index (χ4n) is 1.78. The second-order valence-electron chi connectivity index (χ2n) is 6.32. The van der Waals surface area contributed by atoms with E-state index in [0.717, 1.165) is 0 Å². The van der Waals surface area contributed by atoms with Crippen molar-refractivity contribution in [2.75, 3.05) is 11.4 Å². The van der Waals surface area contributed by atoms with E-state index in [9.17, 15) is 9.59 Å². The molecule has 0 heterocycles. The molecule has 1 aromatic rings. The van der Waals surface area contributed by atoms with E-state index in [0.29, 0.717) is 17.1 Å². The number of anilines is 1. The maximum atomic E-state index is 12.5. The van der Waals surface area contributed by atoms with Crippen LogP contribution in [0.25, 0.3) is 0 Å². The first-order valence-corrected chi connectivity index (χ1v) is 7.26. The van der Waals surface area contributed by atoms with E-state index in [4.69, 9.17) is 16.7 Å². The topological polar surface area (TPSA) is 57.6 Å². The van der Waals surface area contributed by atoms with Gasteiger partial charge >= 0.3 is 5.97 Å². The van der Waals surface area contributed by atoms with Gasteiger partial charge in [-0.15, -0.1) is 0 Å². The van der Waals surface area contributed by atoms with Crippen LogP contribution in [0.1, 0.15) is 34.1 Å². The molecule has 21 heavy (non-hydrogen) atoms. The van der Waals surface area contributed by atoms with Crippen LogP contribution in [0.5, 0.6) is 0 Å². The van der Waals surface area contributed by atoms with Gasteiger partial charge in [0.1, 0.15) is 6.54 Å². The number of benzene rings is 1. The van der Waals surface area contributed by atoms with Gasteiger partial charge in [0, 0.05) is 17.1 Å². The van der Waals surface area contributed by atoms with E-state index in [1.165, 1.54) is 4.90 Å². The van der Waals surface area contributed by atoms with Crippen molar-refractivity contribution in [2.45, 2.75) is 34.1 Å². The molecule has 0 spiro atoms. The molecule has 0 bridgehead atoms. The summed E-state index contributed by atoms with van der Waals surface area (Å²) < 4.78 is 0. The Hall–Kier alpha value is -1.55. The summed E-state index contributed by atoms with van der Waals surface area (Å²) in [5.41, 5.74) is 0.495. The number of carboxylic acids is 1. The quantitative estimate of drug-likeness (QED) is 0.899. The number of halogens is 1. The smallest absolute Gasteiger partial charge is 0.323 e. The fraction of sp³-hybridized carbons (Fsp3) is 0.500. The maximum absolute atomic E-state index is 12.5. The van der Waals surface area contributed by atoms with Crippen molar-refractivity contribution in [3.05, 3.63) is 29.3 Å². The maximum Gasteiger partial charge on any atom is 0.323 e. The highest BCUT2D eigenvalue weighted by molar-refractivity contribution is 6.30. The highest BCUT2D eigenvalue weighted by Crippen LogP contribution is 2.29. The van der Waals surface area contributed by atoms with Gasteiger partial charge < -0.3 is 10.0 Å². The Labute approximate surface area is 130 Å². The Morgan fingerprint density at radius 1 is 1.33 bits per heavy atom. The van der Waals surface area contributed by atoms with Crippen molar-refractivity contribution in [1.82, 2.24) is 0 Å². The van der Waals surface area contributed by atoms with Gasteiger partial charge in [0.25, 0.3) is 0 Å². The van der Waals surface area contributed by atoms with Gasteiger partial charge in [0.05, 0.1) is 0 Å². The lowest BCUT2D eigenvalue weighted by Crippen LogP contribution is -2.37. The van der Waals surface area contributed by atoms with Gasteiger partial charge in [-0.25, -0.2) is 0 Å². The third-order valence-electron chi connectivity index (χ3n) is 3.67. The van der Waals surface area contributed by atoms with E-state index < -0.39 is 5.97 Å². The molecule has 0 saturated heterocycles. The Bertz CT molecular complexity index is 522. The molecular formula is C16H22ClNO3. The first-order valence-electron chi connectivity index (χ1n) is 6.89. The Morgan fingerprint density at radius 2 is 1.95 bits per heavy atom. The molecule has 1 amide bonds. The third-order valence-corrected chi connectivity index (χ3v) is 3.91. The molecule has 116 valence electrons. The van der Waals surface area contributed by atoms with Crippen molar-refractivity contribution < 1.29 is 14.7 Å². The summed E-state index contributed by atoms with van der Waals surface area (Å²) in [4.78, 5) is 24.8. The summed E-state index contributed by atoms with van der Waals surface area (Å²) in [6.45, 7) is 7.81. The lowest BCUT2D eigenvalue weighted by molar-refractivity contribution is -0.136. The number of hydrogen-bond donors (Lipinski definition) is 1. The molecule has 1 unspecified atom stereocenters. The van der Waals surface area contributed by atoms with E-state index in [2.05, 4.69) is 20.8 Å². The highest BCUT2D eigenvalue weighted by Gasteiger charge is 2.26. The van der Waals surface area contributed by atoms with Crippen LogP contribution < -0.4 is 4.90 Å². The Morgan fingerprint density at radius 3 is 2.43 bits per heavy atom. The number of hydrogen-bond acceptors (Lipinski definition) is 2. The zero-order valence-corrected chi connectivity index (χ0v) is 13.6. The third kappa shape index (κ3) is 5.38. The molecule has 0 aromatic heterocycles.